The first-order valence-electron chi connectivity index (χ1n) is 6.95. The Balaban J connectivity index is 2.23. The lowest BCUT2D eigenvalue weighted by atomic mass is 10.2. The van der Waals surface area contributed by atoms with Gasteiger partial charge in [0.2, 0.25) is 0 Å². The van der Waals surface area contributed by atoms with Crippen LogP contribution in [0.2, 0.25) is 0 Å². The first kappa shape index (κ1) is 13.8. The highest BCUT2D eigenvalue weighted by Gasteiger charge is 2.36. The number of nitrogens with zero attached hydrogens (tertiary/aromatic N) is 3. The van der Waals surface area contributed by atoms with Gasteiger partial charge in [-0.25, -0.2) is 0 Å². The van der Waals surface area contributed by atoms with Crippen molar-refractivity contribution >= 4 is 17.4 Å². The molecule has 6 nitrogen and oxygen atoms in total. The van der Waals surface area contributed by atoms with Gasteiger partial charge in [-0.3, -0.25) is 14.4 Å². The van der Waals surface area contributed by atoms with E-state index in [-0.39, 0.29) is 17.5 Å². The van der Waals surface area contributed by atoms with Crippen molar-refractivity contribution in [2.24, 2.45) is 7.05 Å². The van der Waals surface area contributed by atoms with Gasteiger partial charge in [0.05, 0.1) is 16.9 Å². The monoisotopic (exact) mass is 286 g/mol. The van der Waals surface area contributed by atoms with Crippen LogP contribution in [0.3, 0.4) is 0 Å². The maximum Gasteiger partial charge on any atom is 0.291 e. The molecule has 21 heavy (non-hydrogen) atoms. The number of rotatable bonds is 1. The van der Waals surface area contributed by atoms with E-state index in [1.54, 1.807) is 23.6 Å². The summed E-state index contributed by atoms with van der Waals surface area (Å²) in [5.41, 5.74) is 2.39. The molecule has 0 bridgehead atoms. The molecule has 2 aromatic rings. The molecule has 1 aromatic carbocycles. The van der Waals surface area contributed by atoms with Gasteiger partial charge in [-0.1, -0.05) is 18.2 Å². The zero-order valence-electron chi connectivity index (χ0n) is 12.3. The molecule has 0 radical (unpaired) electrons. The second-order valence-corrected chi connectivity index (χ2v) is 5.39. The van der Waals surface area contributed by atoms with E-state index in [1.165, 1.54) is 0 Å². The van der Waals surface area contributed by atoms with Gasteiger partial charge in [0.1, 0.15) is 12.4 Å². The topological polar surface area (TPSA) is 65.6 Å². The molecule has 110 valence electrons. The molecule has 6 heteroatoms. The first-order valence-corrected chi connectivity index (χ1v) is 6.95. The molecule has 1 aromatic heterocycles. The summed E-state index contributed by atoms with van der Waals surface area (Å²) in [5, 5.41) is 16.6. The van der Waals surface area contributed by atoms with Crippen LogP contribution in [0.25, 0.3) is 0 Å². The summed E-state index contributed by atoms with van der Waals surface area (Å²) in [6, 6.07) is 8.75. The fourth-order valence-corrected chi connectivity index (χ4v) is 2.77. The lowest BCUT2D eigenvalue weighted by Gasteiger charge is -2.28. The molecule has 0 spiro atoms. The Hall–Kier alpha value is -2.18. The molecule has 2 unspecified atom stereocenters. The van der Waals surface area contributed by atoms with Gasteiger partial charge in [0.15, 0.2) is 6.04 Å². The number of hydrogen-bond donors (Lipinski definition) is 1. The Bertz CT molecular complexity index is 680. The number of hydroxylamine groups is 2. The van der Waals surface area contributed by atoms with Crippen molar-refractivity contribution in [3.8, 4) is 0 Å². The van der Waals surface area contributed by atoms with Gasteiger partial charge in [-0.2, -0.15) is 5.10 Å². The third-order valence-corrected chi connectivity index (χ3v) is 3.96. The zero-order chi connectivity index (χ0) is 15.1. The predicted molar refractivity (Wildman–Crippen MR) is 79.0 cm³/mol. The normalized spacial score (nSPS) is 22.1. The Morgan fingerprint density at radius 1 is 1.33 bits per heavy atom. The number of aryl methyl sites for hydroxylation is 2. The highest BCUT2D eigenvalue weighted by molar-refractivity contribution is 6.03. The Morgan fingerprint density at radius 3 is 2.67 bits per heavy atom. The number of para-hydroxylation sites is 1. The lowest BCUT2D eigenvalue weighted by Crippen LogP contribution is -3.10. The van der Waals surface area contributed by atoms with Crippen molar-refractivity contribution in [2.75, 3.05) is 4.90 Å². The molecular formula is C15H18N4O2. The average molecular weight is 286 g/mol. The van der Waals surface area contributed by atoms with Crippen molar-refractivity contribution in [1.82, 2.24) is 9.78 Å². The van der Waals surface area contributed by atoms with E-state index >= 15 is 0 Å². The van der Waals surface area contributed by atoms with E-state index in [0.29, 0.717) is 5.82 Å². The quantitative estimate of drug-likeness (QED) is 0.784. The third-order valence-electron chi connectivity index (χ3n) is 3.96. The van der Waals surface area contributed by atoms with Gasteiger partial charge in [0.25, 0.3) is 5.91 Å². The van der Waals surface area contributed by atoms with Crippen LogP contribution in [0.5, 0.6) is 0 Å². The number of quaternary nitrogens is 1. The Morgan fingerprint density at radius 2 is 2.00 bits per heavy atom. The number of carbonyl (C=O) groups excluding carboxylic acids is 1. The highest BCUT2D eigenvalue weighted by Crippen LogP contribution is 2.31. The fraction of sp³-hybridized carbons (Fsp3) is 0.333. The molecule has 0 saturated heterocycles. The van der Waals surface area contributed by atoms with Crippen LogP contribution in [-0.2, 0) is 18.4 Å². The molecule has 1 amide bonds. The minimum absolute atomic E-state index is 0.0595. The third kappa shape index (κ3) is 2.12. The summed E-state index contributed by atoms with van der Waals surface area (Å²) in [5.74, 6) is 0.495. The van der Waals surface area contributed by atoms with Gasteiger partial charge >= 0.3 is 0 Å². The molecule has 3 rings (SSSR count). The van der Waals surface area contributed by atoms with Crippen molar-refractivity contribution in [2.45, 2.75) is 26.4 Å². The second-order valence-electron chi connectivity index (χ2n) is 5.39. The van der Waals surface area contributed by atoms with Gasteiger partial charge in [0, 0.05) is 7.05 Å². The minimum Gasteiger partial charge on any atom is -0.633 e. The van der Waals surface area contributed by atoms with Crippen LogP contribution in [0.1, 0.15) is 18.2 Å². The smallest absolute Gasteiger partial charge is 0.291 e. The van der Waals surface area contributed by atoms with E-state index in [0.717, 1.165) is 16.9 Å². The summed E-state index contributed by atoms with van der Waals surface area (Å²) in [4.78, 5) is 14.4. The van der Waals surface area contributed by atoms with Crippen molar-refractivity contribution in [1.29, 1.82) is 0 Å². The number of amides is 1. The maximum atomic E-state index is 12.7. The summed E-state index contributed by atoms with van der Waals surface area (Å²) in [6.07, 6.45) is 0. The molecule has 1 aliphatic heterocycles. The summed E-state index contributed by atoms with van der Waals surface area (Å²) in [6.45, 7) is 3.80. The first-order chi connectivity index (χ1) is 10.0. The number of aromatic nitrogens is 2. The molecule has 2 heterocycles. The van der Waals surface area contributed by atoms with E-state index in [4.69, 9.17) is 0 Å². The molecule has 0 saturated carbocycles. The zero-order valence-corrected chi connectivity index (χ0v) is 12.3. The van der Waals surface area contributed by atoms with Crippen molar-refractivity contribution < 1.29 is 9.86 Å². The van der Waals surface area contributed by atoms with Crippen LogP contribution in [0, 0.1) is 12.1 Å². The van der Waals surface area contributed by atoms with Crippen LogP contribution in [0.4, 0.5) is 11.5 Å². The molecule has 2 atom stereocenters. The van der Waals surface area contributed by atoms with E-state index in [9.17, 15) is 10.0 Å². The SMILES string of the molecule is Cc1nn(C)c2c1C[NH+]([O-])C(C)C(=O)N2c1ccccc1. The van der Waals surface area contributed by atoms with Crippen LogP contribution in [0.15, 0.2) is 30.3 Å². The average Bonchev–Trinajstić information content (AvgIpc) is 2.69. The number of nitrogens with one attached hydrogen (secondary N) is 1. The Kier molecular flexibility index (Phi) is 3.27. The number of benzene rings is 1. The van der Waals surface area contributed by atoms with Crippen molar-refractivity contribution in [3.05, 3.63) is 46.8 Å². The van der Waals surface area contributed by atoms with Gasteiger partial charge in [-0.05, 0) is 26.0 Å². The summed E-state index contributed by atoms with van der Waals surface area (Å²) >= 11 is 0. The van der Waals surface area contributed by atoms with E-state index in [1.807, 2.05) is 37.3 Å². The second kappa shape index (κ2) is 4.98. The van der Waals surface area contributed by atoms with E-state index in [2.05, 4.69) is 5.10 Å². The number of hydrogen-bond acceptors (Lipinski definition) is 3. The molecule has 0 fully saturated rings. The molecule has 1 aliphatic rings. The summed E-state index contributed by atoms with van der Waals surface area (Å²) < 4.78 is 1.68. The van der Waals surface area contributed by atoms with Gasteiger partial charge in [-0.15, -0.1) is 0 Å². The largest absolute Gasteiger partial charge is 0.633 e. The van der Waals surface area contributed by atoms with Crippen LogP contribution in [-0.4, -0.2) is 21.7 Å². The number of anilines is 2. The maximum absolute atomic E-state index is 12.7. The van der Waals surface area contributed by atoms with Crippen LogP contribution >= 0.6 is 0 Å². The fourth-order valence-electron chi connectivity index (χ4n) is 2.77. The summed E-state index contributed by atoms with van der Waals surface area (Å²) in [7, 11) is 1.80. The molecular weight excluding hydrogens is 268 g/mol. The van der Waals surface area contributed by atoms with Crippen LogP contribution < -0.4 is 9.96 Å². The van der Waals surface area contributed by atoms with Gasteiger partial charge < -0.3 is 10.3 Å². The standard InChI is InChI=1S/C15H18N4O2/c1-10-13-9-18(21)11(2)15(20)19(14(13)17(3)16-10)12-7-5-4-6-8-12/h4-8,11,18H,9H2,1-3H3. The number of carbonyl (C=O) groups is 1. The molecule has 0 aliphatic carbocycles. The Labute approximate surface area is 123 Å². The molecule has 1 N–H and O–H groups in total. The van der Waals surface area contributed by atoms with Crippen molar-refractivity contribution in [3.63, 3.8) is 0 Å². The number of fused-ring (bicyclic) bond motifs is 1. The highest BCUT2D eigenvalue weighted by atomic mass is 16.5. The lowest BCUT2D eigenvalue weighted by molar-refractivity contribution is -0.876. The minimum atomic E-state index is -0.642. The predicted octanol–water partition coefficient (Wildman–Crippen LogP) is 0.678. The van der Waals surface area contributed by atoms with E-state index < -0.39 is 6.04 Å².